The maximum absolute atomic E-state index is 3.46. The highest BCUT2D eigenvalue weighted by molar-refractivity contribution is 5.29. The smallest absolute Gasteiger partial charge is 0.00698 e. The first-order valence-electron chi connectivity index (χ1n) is 6.54. The molecule has 1 N–H and O–H groups in total. The highest BCUT2D eigenvalue weighted by Gasteiger charge is 2.21. The lowest BCUT2D eigenvalue weighted by molar-refractivity contribution is 0.470. The fraction of sp³-hybridized carbons (Fsp3) is 0.600. The van der Waals surface area contributed by atoms with Gasteiger partial charge in [0.05, 0.1) is 0 Å². The predicted molar refractivity (Wildman–Crippen MR) is 69.9 cm³/mol. The van der Waals surface area contributed by atoms with Crippen LogP contribution in [-0.4, -0.2) is 13.1 Å². The molecule has 0 radical (unpaired) electrons. The third kappa shape index (κ3) is 2.65. The molecule has 16 heavy (non-hydrogen) atoms. The molecule has 1 heteroatoms. The summed E-state index contributed by atoms with van der Waals surface area (Å²) in [5.74, 6) is 0.765. The molecule has 0 aliphatic heterocycles. The zero-order valence-electron chi connectivity index (χ0n) is 10.5. The number of aryl methyl sites for hydroxylation is 1. The maximum Gasteiger partial charge on any atom is 0.00698 e. The Hall–Kier alpha value is -0.820. The summed E-state index contributed by atoms with van der Waals surface area (Å²) in [5.41, 5.74) is 3.04. The van der Waals surface area contributed by atoms with Gasteiger partial charge in [0.15, 0.2) is 0 Å². The molecule has 88 valence electrons. The van der Waals surface area contributed by atoms with E-state index in [1.807, 2.05) is 0 Å². The largest absolute Gasteiger partial charge is 0.317 e. The van der Waals surface area contributed by atoms with Gasteiger partial charge in [-0.1, -0.05) is 37.1 Å². The van der Waals surface area contributed by atoms with E-state index in [2.05, 4.69) is 43.6 Å². The minimum Gasteiger partial charge on any atom is -0.317 e. The van der Waals surface area contributed by atoms with Gasteiger partial charge < -0.3 is 5.32 Å². The maximum atomic E-state index is 3.46. The Morgan fingerprint density at radius 3 is 2.62 bits per heavy atom. The molecular formula is C15H23N. The molecule has 1 fully saturated rings. The van der Waals surface area contributed by atoms with Crippen molar-refractivity contribution in [1.29, 1.82) is 0 Å². The molecule has 0 bridgehead atoms. The molecule has 1 aliphatic rings. The molecule has 2 atom stereocenters. The minimum absolute atomic E-state index is 0.715. The Morgan fingerprint density at radius 2 is 1.88 bits per heavy atom. The van der Waals surface area contributed by atoms with Crippen molar-refractivity contribution >= 4 is 0 Å². The lowest BCUT2D eigenvalue weighted by atomic mass is 9.88. The topological polar surface area (TPSA) is 12.0 Å². The van der Waals surface area contributed by atoms with Crippen molar-refractivity contribution in [3.8, 4) is 0 Å². The van der Waals surface area contributed by atoms with Gasteiger partial charge >= 0.3 is 0 Å². The zero-order valence-corrected chi connectivity index (χ0v) is 10.5. The van der Waals surface area contributed by atoms with Crippen LogP contribution in [0, 0.1) is 6.92 Å². The second-order valence-electron chi connectivity index (χ2n) is 5.06. The van der Waals surface area contributed by atoms with Crippen LogP contribution in [0.3, 0.4) is 0 Å². The molecule has 1 aromatic rings. The van der Waals surface area contributed by atoms with E-state index in [0.29, 0.717) is 6.04 Å². The molecule has 2 unspecified atom stereocenters. The first-order chi connectivity index (χ1) is 7.81. The van der Waals surface area contributed by atoms with Gasteiger partial charge in [-0.25, -0.2) is 0 Å². The summed E-state index contributed by atoms with van der Waals surface area (Å²) in [5, 5.41) is 3.46. The fourth-order valence-electron chi connectivity index (χ4n) is 2.95. The van der Waals surface area contributed by atoms with Crippen LogP contribution in [-0.2, 0) is 0 Å². The van der Waals surface area contributed by atoms with Crippen molar-refractivity contribution in [3.05, 3.63) is 35.4 Å². The monoisotopic (exact) mass is 217 g/mol. The van der Waals surface area contributed by atoms with Gasteiger partial charge in [0.25, 0.3) is 0 Å². The van der Waals surface area contributed by atoms with E-state index >= 15 is 0 Å². The van der Waals surface area contributed by atoms with Gasteiger partial charge in [-0.3, -0.25) is 0 Å². The van der Waals surface area contributed by atoms with Gasteiger partial charge in [0.2, 0.25) is 0 Å². The Labute approximate surface area is 99.3 Å². The van der Waals surface area contributed by atoms with Crippen molar-refractivity contribution in [2.24, 2.45) is 0 Å². The van der Waals surface area contributed by atoms with Crippen LogP contribution >= 0.6 is 0 Å². The summed E-state index contributed by atoms with van der Waals surface area (Å²) in [7, 11) is 2.10. The number of hydrogen-bond acceptors (Lipinski definition) is 1. The Balaban J connectivity index is 2.16. The summed E-state index contributed by atoms with van der Waals surface area (Å²) in [6.45, 7) is 2.24. The second-order valence-corrected chi connectivity index (χ2v) is 5.06. The molecule has 0 heterocycles. The van der Waals surface area contributed by atoms with E-state index in [1.54, 1.807) is 5.56 Å². The molecule has 0 saturated heterocycles. The highest BCUT2D eigenvalue weighted by Crippen LogP contribution is 2.33. The first-order valence-corrected chi connectivity index (χ1v) is 6.54. The van der Waals surface area contributed by atoms with Crippen molar-refractivity contribution in [2.75, 3.05) is 7.05 Å². The summed E-state index contributed by atoms with van der Waals surface area (Å²) in [6.07, 6.45) is 6.79. The predicted octanol–water partition coefficient (Wildman–Crippen LogP) is 3.63. The van der Waals surface area contributed by atoms with E-state index in [4.69, 9.17) is 0 Å². The van der Waals surface area contributed by atoms with Crippen LogP contribution in [0.2, 0.25) is 0 Å². The summed E-state index contributed by atoms with van der Waals surface area (Å²) in [4.78, 5) is 0. The van der Waals surface area contributed by atoms with Gasteiger partial charge in [0, 0.05) is 6.04 Å². The average molecular weight is 217 g/mol. The van der Waals surface area contributed by atoms with E-state index in [0.717, 1.165) is 5.92 Å². The van der Waals surface area contributed by atoms with Crippen LogP contribution in [0.15, 0.2) is 24.3 Å². The number of rotatable bonds is 2. The fourth-order valence-corrected chi connectivity index (χ4v) is 2.95. The number of benzene rings is 1. The van der Waals surface area contributed by atoms with Crippen LogP contribution in [0.4, 0.5) is 0 Å². The van der Waals surface area contributed by atoms with Gasteiger partial charge in [-0.2, -0.15) is 0 Å². The lowest BCUT2D eigenvalue weighted by Gasteiger charge is -2.21. The van der Waals surface area contributed by atoms with Gasteiger partial charge in [0.1, 0.15) is 0 Å². The molecule has 1 aliphatic carbocycles. The Kier molecular flexibility index (Phi) is 4.00. The van der Waals surface area contributed by atoms with Crippen molar-refractivity contribution in [3.63, 3.8) is 0 Å². The van der Waals surface area contributed by atoms with E-state index in [9.17, 15) is 0 Å². The van der Waals surface area contributed by atoms with Crippen LogP contribution in [0.5, 0.6) is 0 Å². The van der Waals surface area contributed by atoms with Crippen LogP contribution in [0.1, 0.15) is 49.1 Å². The molecule has 1 aromatic carbocycles. The molecule has 2 rings (SSSR count). The van der Waals surface area contributed by atoms with E-state index < -0.39 is 0 Å². The number of hydrogen-bond donors (Lipinski definition) is 1. The van der Waals surface area contributed by atoms with E-state index in [-0.39, 0.29) is 0 Å². The molecular weight excluding hydrogens is 194 g/mol. The number of nitrogens with one attached hydrogen (secondary N) is 1. The summed E-state index contributed by atoms with van der Waals surface area (Å²) in [6, 6.07) is 9.60. The average Bonchev–Trinajstić information content (AvgIpc) is 2.55. The molecule has 0 aromatic heterocycles. The highest BCUT2D eigenvalue weighted by atomic mass is 14.9. The summed E-state index contributed by atoms with van der Waals surface area (Å²) >= 11 is 0. The SMILES string of the molecule is CNC1CCCCC(c2ccccc2C)C1. The quantitative estimate of drug-likeness (QED) is 0.746. The van der Waals surface area contributed by atoms with Crippen LogP contribution in [0.25, 0.3) is 0 Å². The third-order valence-corrected chi connectivity index (χ3v) is 3.96. The van der Waals surface area contributed by atoms with E-state index in [1.165, 1.54) is 37.7 Å². The zero-order chi connectivity index (χ0) is 11.4. The van der Waals surface area contributed by atoms with Crippen molar-refractivity contribution in [1.82, 2.24) is 5.32 Å². The minimum atomic E-state index is 0.715. The Bertz CT molecular complexity index is 332. The first kappa shape index (κ1) is 11.7. The third-order valence-electron chi connectivity index (χ3n) is 3.96. The molecule has 1 saturated carbocycles. The molecule has 0 spiro atoms. The van der Waals surface area contributed by atoms with Crippen LogP contribution < -0.4 is 5.32 Å². The lowest BCUT2D eigenvalue weighted by Crippen LogP contribution is -2.25. The second kappa shape index (κ2) is 5.49. The molecule has 0 amide bonds. The Morgan fingerprint density at radius 1 is 1.12 bits per heavy atom. The van der Waals surface area contributed by atoms with Crippen molar-refractivity contribution in [2.45, 2.75) is 51.0 Å². The van der Waals surface area contributed by atoms with Gasteiger partial charge in [-0.15, -0.1) is 0 Å². The molecule has 1 nitrogen and oxygen atoms in total. The normalized spacial score (nSPS) is 26.4. The van der Waals surface area contributed by atoms with Gasteiger partial charge in [-0.05, 0) is 50.3 Å². The standard InChI is InChI=1S/C15H23N/c1-12-7-3-6-10-15(12)13-8-4-5-9-14(11-13)16-2/h3,6-7,10,13-14,16H,4-5,8-9,11H2,1-2H3. The summed E-state index contributed by atoms with van der Waals surface area (Å²) < 4.78 is 0. The van der Waals surface area contributed by atoms with Crippen molar-refractivity contribution < 1.29 is 0 Å².